The normalized spacial score (nSPS) is 21.3. The second-order valence-corrected chi connectivity index (χ2v) is 6.04. The number of likely N-dealkylation sites (N-methyl/N-ethyl adjacent to an activating group) is 1. The third kappa shape index (κ3) is 3.48. The number of hydrogen-bond acceptors (Lipinski definition) is 4. The zero-order valence-corrected chi connectivity index (χ0v) is 12.2. The summed E-state index contributed by atoms with van der Waals surface area (Å²) in [6.45, 7) is 6.38. The molecule has 2 heterocycles. The quantitative estimate of drug-likeness (QED) is 0.821. The summed E-state index contributed by atoms with van der Waals surface area (Å²) in [7, 11) is 0. The molecule has 5 heteroatoms. The first-order valence-electron chi connectivity index (χ1n) is 7.03. The van der Waals surface area contributed by atoms with Gasteiger partial charge in [0.25, 0.3) is 0 Å². The molecule has 0 aliphatic carbocycles. The highest BCUT2D eigenvalue weighted by molar-refractivity contribution is 7.99. The first-order valence-corrected chi connectivity index (χ1v) is 8.18. The Morgan fingerprint density at radius 2 is 2.44 bits per heavy atom. The van der Waals surface area contributed by atoms with E-state index in [1.807, 2.05) is 0 Å². The van der Waals surface area contributed by atoms with Crippen molar-refractivity contribution in [1.82, 2.24) is 20.1 Å². The van der Waals surface area contributed by atoms with Crippen molar-refractivity contribution in [3.63, 3.8) is 0 Å². The lowest BCUT2D eigenvalue weighted by Gasteiger charge is -2.23. The highest BCUT2D eigenvalue weighted by Crippen LogP contribution is 2.27. The van der Waals surface area contributed by atoms with E-state index in [4.69, 9.17) is 0 Å². The predicted molar refractivity (Wildman–Crippen MR) is 76.9 cm³/mol. The number of rotatable bonds is 7. The van der Waals surface area contributed by atoms with Crippen LogP contribution >= 0.6 is 11.8 Å². The molecule has 0 bridgehead atoms. The van der Waals surface area contributed by atoms with Gasteiger partial charge in [-0.3, -0.25) is 4.68 Å². The molecular weight excluding hydrogens is 244 g/mol. The molecule has 0 radical (unpaired) electrons. The Morgan fingerprint density at radius 1 is 1.56 bits per heavy atom. The van der Waals surface area contributed by atoms with E-state index >= 15 is 0 Å². The minimum Gasteiger partial charge on any atom is -0.313 e. The molecule has 102 valence electrons. The molecule has 0 spiro atoms. The third-order valence-corrected chi connectivity index (χ3v) is 4.72. The van der Waals surface area contributed by atoms with Crippen molar-refractivity contribution in [3.05, 3.63) is 12.2 Å². The molecule has 18 heavy (non-hydrogen) atoms. The maximum Gasteiger partial charge on any atom is 0.138 e. The summed E-state index contributed by atoms with van der Waals surface area (Å²) in [4.78, 5) is 4.43. The van der Waals surface area contributed by atoms with Gasteiger partial charge >= 0.3 is 0 Å². The smallest absolute Gasteiger partial charge is 0.138 e. The Kier molecular flexibility index (Phi) is 5.50. The lowest BCUT2D eigenvalue weighted by molar-refractivity contribution is 0.374. The minimum atomic E-state index is 0.560. The van der Waals surface area contributed by atoms with Crippen LogP contribution in [0.25, 0.3) is 0 Å². The number of aromatic nitrogens is 3. The van der Waals surface area contributed by atoms with Crippen molar-refractivity contribution in [2.24, 2.45) is 5.92 Å². The molecule has 1 fully saturated rings. The average molecular weight is 268 g/mol. The van der Waals surface area contributed by atoms with Crippen LogP contribution in [-0.2, 0) is 13.0 Å². The van der Waals surface area contributed by atoms with E-state index in [9.17, 15) is 0 Å². The SMILES string of the molecule is CCCn1ncnc1CC(NCC)C1CCSC1. The molecule has 2 atom stereocenters. The standard InChI is InChI=1S/C13H24N4S/c1-3-6-17-13(15-10-16-17)8-12(14-4-2)11-5-7-18-9-11/h10-12,14H,3-9H2,1-2H3. The topological polar surface area (TPSA) is 42.7 Å². The molecule has 1 aromatic rings. The van der Waals surface area contributed by atoms with Crippen molar-refractivity contribution >= 4 is 11.8 Å². The van der Waals surface area contributed by atoms with Crippen LogP contribution < -0.4 is 5.32 Å². The molecule has 1 aliphatic rings. The molecule has 0 saturated carbocycles. The van der Waals surface area contributed by atoms with Gasteiger partial charge in [0.1, 0.15) is 12.2 Å². The van der Waals surface area contributed by atoms with E-state index in [1.54, 1.807) is 6.33 Å². The first-order chi connectivity index (χ1) is 8.85. The van der Waals surface area contributed by atoms with E-state index in [-0.39, 0.29) is 0 Å². The fourth-order valence-electron chi connectivity index (χ4n) is 2.58. The van der Waals surface area contributed by atoms with Gasteiger partial charge in [-0.25, -0.2) is 4.98 Å². The van der Waals surface area contributed by atoms with Crippen molar-refractivity contribution in [3.8, 4) is 0 Å². The summed E-state index contributed by atoms with van der Waals surface area (Å²) in [5, 5.41) is 7.96. The molecule has 0 aromatic carbocycles. The van der Waals surface area contributed by atoms with Crippen LogP contribution in [0.1, 0.15) is 32.5 Å². The van der Waals surface area contributed by atoms with Crippen LogP contribution in [-0.4, -0.2) is 38.9 Å². The summed E-state index contributed by atoms with van der Waals surface area (Å²) >= 11 is 2.08. The molecule has 1 aromatic heterocycles. The summed E-state index contributed by atoms with van der Waals surface area (Å²) in [6, 6.07) is 0.560. The maximum atomic E-state index is 4.43. The van der Waals surface area contributed by atoms with E-state index in [0.29, 0.717) is 6.04 Å². The van der Waals surface area contributed by atoms with Gasteiger partial charge < -0.3 is 5.32 Å². The molecule has 2 rings (SSSR count). The van der Waals surface area contributed by atoms with Gasteiger partial charge in [-0.1, -0.05) is 13.8 Å². The van der Waals surface area contributed by atoms with Crippen LogP contribution in [0, 0.1) is 5.92 Å². The van der Waals surface area contributed by atoms with E-state index < -0.39 is 0 Å². The van der Waals surface area contributed by atoms with Gasteiger partial charge in [0, 0.05) is 19.0 Å². The number of aryl methyl sites for hydroxylation is 1. The second kappa shape index (κ2) is 7.14. The van der Waals surface area contributed by atoms with Crippen LogP contribution in [0.3, 0.4) is 0 Å². The van der Waals surface area contributed by atoms with Crippen molar-refractivity contribution in [2.75, 3.05) is 18.1 Å². The number of hydrogen-bond donors (Lipinski definition) is 1. The van der Waals surface area contributed by atoms with Gasteiger partial charge in [0.05, 0.1) is 0 Å². The Morgan fingerprint density at radius 3 is 3.11 bits per heavy atom. The van der Waals surface area contributed by atoms with Gasteiger partial charge in [-0.2, -0.15) is 16.9 Å². The molecule has 4 nitrogen and oxygen atoms in total. The minimum absolute atomic E-state index is 0.560. The monoisotopic (exact) mass is 268 g/mol. The van der Waals surface area contributed by atoms with Gasteiger partial charge in [-0.15, -0.1) is 0 Å². The predicted octanol–water partition coefficient (Wildman–Crippen LogP) is 1.96. The third-order valence-electron chi connectivity index (χ3n) is 3.53. The summed E-state index contributed by atoms with van der Waals surface area (Å²) in [6.07, 6.45) is 5.15. The average Bonchev–Trinajstić information content (AvgIpc) is 3.01. The number of thioether (sulfide) groups is 1. The van der Waals surface area contributed by atoms with E-state index in [1.165, 1.54) is 17.9 Å². The van der Waals surface area contributed by atoms with Crippen LogP contribution in [0.2, 0.25) is 0 Å². The van der Waals surface area contributed by atoms with E-state index in [0.717, 1.165) is 37.7 Å². The van der Waals surface area contributed by atoms with E-state index in [2.05, 4.69) is 45.7 Å². The van der Waals surface area contributed by atoms with Crippen LogP contribution in [0.5, 0.6) is 0 Å². The molecule has 1 aliphatic heterocycles. The summed E-state index contributed by atoms with van der Waals surface area (Å²) < 4.78 is 2.06. The zero-order valence-electron chi connectivity index (χ0n) is 11.4. The fraction of sp³-hybridized carbons (Fsp3) is 0.846. The van der Waals surface area contributed by atoms with Crippen molar-refractivity contribution < 1.29 is 0 Å². The molecule has 2 unspecified atom stereocenters. The second-order valence-electron chi connectivity index (χ2n) is 4.89. The maximum absolute atomic E-state index is 4.43. The Bertz CT molecular complexity index is 347. The first kappa shape index (κ1) is 13.9. The Labute approximate surface area is 114 Å². The molecular formula is C13H24N4S. The molecule has 0 amide bonds. The van der Waals surface area contributed by atoms with Crippen molar-refractivity contribution in [2.45, 2.75) is 45.7 Å². The lowest BCUT2D eigenvalue weighted by atomic mass is 9.96. The van der Waals surface area contributed by atoms with Crippen molar-refractivity contribution in [1.29, 1.82) is 0 Å². The number of nitrogens with one attached hydrogen (secondary N) is 1. The van der Waals surface area contributed by atoms with Crippen LogP contribution in [0.4, 0.5) is 0 Å². The Hall–Kier alpha value is -0.550. The summed E-state index contributed by atoms with van der Waals surface area (Å²) in [5.74, 6) is 4.54. The fourth-order valence-corrected chi connectivity index (χ4v) is 3.92. The Balaban J connectivity index is 2.00. The van der Waals surface area contributed by atoms with Gasteiger partial charge in [0.2, 0.25) is 0 Å². The molecule has 1 N–H and O–H groups in total. The molecule has 1 saturated heterocycles. The lowest BCUT2D eigenvalue weighted by Crippen LogP contribution is -2.38. The zero-order chi connectivity index (χ0) is 12.8. The number of nitrogens with zero attached hydrogens (tertiary/aromatic N) is 3. The highest BCUT2D eigenvalue weighted by atomic mass is 32.2. The largest absolute Gasteiger partial charge is 0.313 e. The van der Waals surface area contributed by atoms with Gasteiger partial charge in [0.15, 0.2) is 0 Å². The van der Waals surface area contributed by atoms with Gasteiger partial charge in [-0.05, 0) is 36.8 Å². The highest BCUT2D eigenvalue weighted by Gasteiger charge is 2.26. The van der Waals surface area contributed by atoms with Crippen LogP contribution in [0.15, 0.2) is 6.33 Å². The summed E-state index contributed by atoms with van der Waals surface area (Å²) in [5.41, 5.74) is 0.